The van der Waals surface area contributed by atoms with Gasteiger partial charge in [0.05, 0.1) is 0 Å². The second-order valence-corrected chi connectivity index (χ2v) is 8.15. The van der Waals surface area contributed by atoms with Crippen LogP contribution in [0, 0.1) is 12.7 Å². The fourth-order valence-electron chi connectivity index (χ4n) is 3.90. The summed E-state index contributed by atoms with van der Waals surface area (Å²) in [7, 11) is 0. The number of aryl methyl sites for hydroxylation is 1. The summed E-state index contributed by atoms with van der Waals surface area (Å²) in [4.78, 5) is 29.5. The molecule has 0 radical (unpaired) electrons. The molecule has 0 saturated carbocycles. The third kappa shape index (κ3) is 5.43. The molecule has 6 nitrogen and oxygen atoms in total. The highest BCUT2D eigenvalue weighted by molar-refractivity contribution is 5.91. The molecule has 174 valence electrons. The predicted octanol–water partition coefficient (Wildman–Crippen LogP) is 4.96. The minimum Gasteiger partial charge on any atom is -0.483 e. The quantitative estimate of drug-likeness (QED) is 0.370. The summed E-state index contributed by atoms with van der Waals surface area (Å²) in [5.41, 5.74) is 3.57. The Bertz CT molecular complexity index is 1330. The molecule has 0 spiro atoms. The summed E-state index contributed by atoms with van der Waals surface area (Å²) < 4.78 is 19.4. The standard InChI is InChI=1S/C27H25FN2O4/c1-18-9-10-23(27(32)33)25(13-18)34-17-26(31)30(16-19-5-4-6-21(28)14-19)12-11-20-15-29-24-8-3-2-7-22(20)24/h2-10,13-15,29H,11-12,16-17H2,1H3,(H,32,33). The molecule has 0 fully saturated rings. The van der Waals surface area contributed by atoms with Crippen molar-refractivity contribution >= 4 is 22.8 Å². The van der Waals surface area contributed by atoms with Gasteiger partial charge in [0.25, 0.3) is 5.91 Å². The van der Waals surface area contributed by atoms with E-state index >= 15 is 0 Å². The number of aromatic amines is 1. The second kappa shape index (κ2) is 10.2. The molecule has 0 saturated heterocycles. The molecule has 4 rings (SSSR count). The van der Waals surface area contributed by atoms with Crippen LogP contribution >= 0.6 is 0 Å². The van der Waals surface area contributed by atoms with Crippen LogP contribution < -0.4 is 4.74 Å². The van der Waals surface area contributed by atoms with E-state index in [0.29, 0.717) is 18.5 Å². The number of carbonyl (C=O) groups is 2. The summed E-state index contributed by atoms with van der Waals surface area (Å²) in [5.74, 6) is -1.67. The molecule has 1 aromatic heterocycles. The molecule has 3 aromatic carbocycles. The number of para-hydroxylation sites is 1. The number of halogens is 1. The Labute approximate surface area is 196 Å². The molecular weight excluding hydrogens is 435 g/mol. The summed E-state index contributed by atoms with van der Waals surface area (Å²) in [6.07, 6.45) is 2.52. The number of benzene rings is 3. The van der Waals surface area contributed by atoms with Crippen LogP contribution in [0.2, 0.25) is 0 Å². The number of aromatic nitrogens is 1. The van der Waals surface area contributed by atoms with Crippen LogP contribution in [-0.2, 0) is 17.8 Å². The molecule has 34 heavy (non-hydrogen) atoms. The fraction of sp³-hybridized carbons (Fsp3) is 0.185. The lowest BCUT2D eigenvalue weighted by molar-refractivity contribution is -0.134. The number of H-pyrrole nitrogens is 1. The van der Waals surface area contributed by atoms with Crippen molar-refractivity contribution in [2.75, 3.05) is 13.2 Å². The first-order valence-electron chi connectivity index (χ1n) is 10.9. The number of hydrogen-bond donors (Lipinski definition) is 2. The van der Waals surface area contributed by atoms with Gasteiger partial charge < -0.3 is 19.7 Å². The number of nitrogens with zero attached hydrogens (tertiary/aromatic N) is 1. The molecule has 7 heteroatoms. The molecule has 1 heterocycles. The maximum atomic E-state index is 13.7. The third-order valence-electron chi connectivity index (χ3n) is 5.66. The van der Waals surface area contributed by atoms with E-state index < -0.39 is 5.97 Å². The van der Waals surface area contributed by atoms with E-state index in [1.165, 1.54) is 18.2 Å². The number of nitrogens with one attached hydrogen (secondary N) is 1. The van der Waals surface area contributed by atoms with Gasteiger partial charge in [-0.05, 0) is 60.4 Å². The molecule has 0 aliphatic rings. The Morgan fingerprint density at radius 2 is 1.88 bits per heavy atom. The Morgan fingerprint density at radius 3 is 2.68 bits per heavy atom. The van der Waals surface area contributed by atoms with E-state index in [2.05, 4.69) is 4.98 Å². The van der Waals surface area contributed by atoms with Crippen LogP contribution in [0.3, 0.4) is 0 Å². The number of fused-ring (bicyclic) bond motifs is 1. The largest absolute Gasteiger partial charge is 0.483 e. The van der Waals surface area contributed by atoms with E-state index in [-0.39, 0.29) is 36.2 Å². The first-order chi connectivity index (χ1) is 16.4. The van der Waals surface area contributed by atoms with Crippen LogP contribution in [0.25, 0.3) is 10.9 Å². The monoisotopic (exact) mass is 460 g/mol. The van der Waals surface area contributed by atoms with Crippen molar-refractivity contribution in [1.82, 2.24) is 9.88 Å². The number of carbonyl (C=O) groups excluding carboxylic acids is 1. The van der Waals surface area contributed by atoms with Crippen LogP contribution in [0.15, 0.2) is 72.9 Å². The van der Waals surface area contributed by atoms with E-state index in [0.717, 1.165) is 22.0 Å². The van der Waals surface area contributed by atoms with Gasteiger partial charge in [-0.3, -0.25) is 4.79 Å². The summed E-state index contributed by atoms with van der Waals surface area (Å²) in [6.45, 7) is 2.09. The molecular formula is C27H25FN2O4. The topological polar surface area (TPSA) is 82.6 Å². The van der Waals surface area contributed by atoms with Crippen LogP contribution in [-0.4, -0.2) is 40.0 Å². The third-order valence-corrected chi connectivity index (χ3v) is 5.66. The Balaban J connectivity index is 1.51. The van der Waals surface area contributed by atoms with Gasteiger partial charge in [-0.15, -0.1) is 0 Å². The van der Waals surface area contributed by atoms with Crippen molar-refractivity contribution < 1.29 is 23.8 Å². The van der Waals surface area contributed by atoms with Gasteiger partial charge in [-0.2, -0.15) is 0 Å². The number of ether oxygens (including phenoxy) is 1. The summed E-state index contributed by atoms with van der Waals surface area (Å²) in [5, 5.41) is 10.5. The normalized spacial score (nSPS) is 10.9. The van der Waals surface area contributed by atoms with E-state index in [4.69, 9.17) is 4.74 Å². The van der Waals surface area contributed by atoms with Crippen LogP contribution in [0.1, 0.15) is 27.0 Å². The molecule has 0 aliphatic heterocycles. The van der Waals surface area contributed by atoms with E-state index in [1.54, 1.807) is 29.2 Å². The summed E-state index contributed by atoms with van der Waals surface area (Å²) >= 11 is 0. The molecule has 0 aliphatic carbocycles. The van der Waals surface area contributed by atoms with E-state index in [1.807, 2.05) is 37.4 Å². The van der Waals surface area contributed by atoms with Crippen molar-refractivity contribution in [3.05, 3.63) is 101 Å². The van der Waals surface area contributed by atoms with Crippen LogP contribution in [0.5, 0.6) is 5.75 Å². The smallest absolute Gasteiger partial charge is 0.339 e. The molecule has 0 bridgehead atoms. The number of hydrogen-bond acceptors (Lipinski definition) is 3. The molecule has 0 atom stereocenters. The summed E-state index contributed by atoms with van der Waals surface area (Å²) in [6, 6.07) is 18.8. The molecule has 1 amide bonds. The van der Waals surface area contributed by atoms with Gasteiger partial charge in [0.2, 0.25) is 0 Å². The highest BCUT2D eigenvalue weighted by atomic mass is 19.1. The molecule has 4 aromatic rings. The first-order valence-corrected chi connectivity index (χ1v) is 10.9. The average molecular weight is 461 g/mol. The van der Waals surface area contributed by atoms with Crippen molar-refractivity contribution in [3.8, 4) is 5.75 Å². The van der Waals surface area contributed by atoms with Gasteiger partial charge >= 0.3 is 5.97 Å². The number of carboxylic acid groups (broad SMARTS) is 1. The minimum atomic E-state index is -1.13. The average Bonchev–Trinajstić information content (AvgIpc) is 3.23. The van der Waals surface area contributed by atoms with Crippen molar-refractivity contribution in [2.24, 2.45) is 0 Å². The van der Waals surface area contributed by atoms with Gasteiger partial charge in [0.1, 0.15) is 17.1 Å². The predicted molar refractivity (Wildman–Crippen MR) is 127 cm³/mol. The van der Waals surface area contributed by atoms with Gasteiger partial charge in [0, 0.05) is 30.2 Å². The van der Waals surface area contributed by atoms with E-state index in [9.17, 15) is 19.1 Å². The number of carboxylic acids is 1. The van der Waals surface area contributed by atoms with Gasteiger partial charge in [-0.1, -0.05) is 36.4 Å². The minimum absolute atomic E-state index is 0.00567. The fourth-order valence-corrected chi connectivity index (χ4v) is 3.90. The lowest BCUT2D eigenvalue weighted by atomic mass is 10.1. The number of aromatic carboxylic acids is 1. The molecule has 0 unspecified atom stereocenters. The second-order valence-electron chi connectivity index (χ2n) is 8.15. The first kappa shape index (κ1) is 23.0. The number of amides is 1. The SMILES string of the molecule is Cc1ccc(C(=O)O)c(OCC(=O)N(CCc2c[nH]c3ccccc23)Cc2cccc(F)c2)c1. The van der Waals surface area contributed by atoms with Crippen molar-refractivity contribution in [3.63, 3.8) is 0 Å². The van der Waals surface area contributed by atoms with Crippen molar-refractivity contribution in [1.29, 1.82) is 0 Å². The zero-order valence-corrected chi connectivity index (χ0v) is 18.8. The highest BCUT2D eigenvalue weighted by Crippen LogP contribution is 2.22. The lowest BCUT2D eigenvalue weighted by Crippen LogP contribution is -2.36. The zero-order chi connectivity index (χ0) is 24.1. The Kier molecular flexibility index (Phi) is 6.92. The highest BCUT2D eigenvalue weighted by Gasteiger charge is 2.18. The van der Waals surface area contributed by atoms with Gasteiger partial charge in [-0.25, -0.2) is 9.18 Å². The van der Waals surface area contributed by atoms with Gasteiger partial charge in [0.15, 0.2) is 6.61 Å². The lowest BCUT2D eigenvalue weighted by Gasteiger charge is -2.23. The Morgan fingerprint density at radius 1 is 1.06 bits per heavy atom. The maximum Gasteiger partial charge on any atom is 0.339 e. The molecule has 2 N–H and O–H groups in total. The Hall–Kier alpha value is -4.13. The number of rotatable bonds is 9. The van der Waals surface area contributed by atoms with Crippen LogP contribution in [0.4, 0.5) is 4.39 Å². The zero-order valence-electron chi connectivity index (χ0n) is 18.8. The maximum absolute atomic E-state index is 13.7. The van der Waals surface area contributed by atoms with Crippen molar-refractivity contribution in [2.45, 2.75) is 19.9 Å².